The average molecular weight is 352 g/mol. The molecule has 5 aromatic rings. The van der Waals surface area contributed by atoms with Crippen LogP contribution in [0.1, 0.15) is 11.3 Å². The molecule has 3 heterocycles. The standard InChI is InChI=1S/C20H12N6O/c1-11-16-19(26(25-11)13-8-6-12(10-21)7-9-13)24-17-14-4-2-3-5-15(14)22-20(27)18(17)23-16/h2-9H,1H3,(H,22,27). The fourth-order valence-electron chi connectivity index (χ4n) is 3.25. The van der Waals surface area contributed by atoms with Crippen molar-refractivity contribution in [2.75, 3.05) is 0 Å². The first-order valence-electron chi connectivity index (χ1n) is 8.34. The van der Waals surface area contributed by atoms with Gasteiger partial charge >= 0.3 is 0 Å². The van der Waals surface area contributed by atoms with Gasteiger partial charge in [-0.1, -0.05) is 18.2 Å². The number of pyridine rings is 1. The molecule has 0 amide bonds. The lowest BCUT2D eigenvalue weighted by molar-refractivity contribution is 0.879. The maximum absolute atomic E-state index is 12.5. The van der Waals surface area contributed by atoms with Crippen LogP contribution in [-0.2, 0) is 0 Å². The molecule has 0 atom stereocenters. The number of nitrogens with zero attached hydrogens (tertiary/aromatic N) is 5. The molecule has 0 radical (unpaired) electrons. The van der Waals surface area contributed by atoms with Gasteiger partial charge in [-0.15, -0.1) is 0 Å². The van der Waals surface area contributed by atoms with Crippen LogP contribution in [0.25, 0.3) is 38.8 Å². The van der Waals surface area contributed by atoms with E-state index in [1.54, 1.807) is 16.8 Å². The van der Waals surface area contributed by atoms with Crippen LogP contribution in [0.4, 0.5) is 0 Å². The molecule has 7 heteroatoms. The van der Waals surface area contributed by atoms with Crippen molar-refractivity contribution in [2.45, 2.75) is 6.92 Å². The van der Waals surface area contributed by atoms with Crippen LogP contribution in [0.5, 0.6) is 0 Å². The van der Waals surface area contributed by atoms with E-state index >= 15 is 0 Å². The molecule has 3 aromatic heterocycles. The van der Waals surface area contributed by atoms with Gasteiger partial charge in [0, 0.05) is 5.39 Å². The van der Waals surface area contributed by atoms with E-state index in [1.807, 2.05) is 43.3 Å². The van der Waals surface area contributed by atoms with E-state index < -0.39 is 0 Å². The third-order valence-corrected chi connectivity index (χ3v) is 4.56. The van der Waals surface area contributed by atoms with E-state index in [1.165, 1.54) is 0 Å². The van der Waals surface area contributed by atoms with Crippen molar-refractivity contribution in [3.63, 3.8) is 0 Å². The summed E-state index contributed by atoms with van der Waals surface area (Å²) in [6, 6.07) is 16.7. The molecule has 0 fully saturated rings. The fraction of sp³-hybridized carbons (Fsp3) is 0.0500. The van der Waals surface area contributed by atoms with E-state index in [9.17, 15) is 4.79 Å². The van der Waals surface area contributed by atoms with Crippen molar-refractivity contribution in [3.05, 3.63) is 70.1 Å². The third-order valence-electron chi connectivity index (χ3n) is 4.56. The first-order valence-corrected chi connectivity index (χ1v) is 8.34. The number of rotatable bonds is 1. The lowest BCUT2D eigenvalue weighted by Gasteiger charge is -2.05. The molecule has 0 aliphatic carbocycles. The van der Waals surface area contributed by atoms with Gasteiger partial charge in [0.05, 0.1) is 28.5 Å². The minimum Gasteiger partial charge on any atom is -0.320 e. The summed E-state index contributed by atoms with van der Waals surface area (Å²) in [5.74, 6) is 0. The Morgan fingerprint density at radius 2 is 1.78 bits per heavy atom. The molecule has 0 aliphatic rings. The number of nitrogens with one attached hydrogen (secondary N) is 1. The first kappa shape index (κ1) is 15.2. The molecular weight excluding hydrogens is 340 g/mol. The molecule has 0 spiro atoms. The van der Waals surface area contributed by atoms with Gasteiger partial charge in [0.15, 0.2) is 11.2 Å². The largest absolute Gasteiger partial charge is 0.320 e. The SMILES string of the molecule is Cc1nn(-c2ccc(C#N)cc2)c2nc3c(nc12)c(=O)[nH]c1ccccc13. The maximum Gasteiger partial charge on any atom is 0.276 e. The summed E-state index contributed by atoms with van der Waals surface area (Å²) in [5.41, 5.74) is 4.44. The molecule has 2 aromatic carbocycles. The van der Waals surface area contributed by atoms with Crippen LogP contribution in [-0.4, -0.2) is 24.7 Å². The lowest BCUT2D eigenvalue weighted by Crippen LogP contribution is -2.09. The zero-order valence-corrected chi connectivity index (χ0v) is 14.3. The van der Waals surface area contributed by atoms with Gasteiger partial charge in [-0.25, -0.2) is 14.6 Å². The molecule has 0 saturated carbocycles. The predicted molar refractivity (Wildman–Crippen MR) is 102 cm³/mol. The van der Waals surface area contributed by atoms with Crippen LogP contribution in [0, 0.1) is 18.3 Å². The molecule has 0 aliphatic heterocycles. The van der Waals surface area contributed by atoms with E-state index in [2.05, 4.69) is 21.1 Å². The molecule has 1 N–H and O–H groups in total. The van der Waals surface area contributed by atoms with Crippen molar-refractivity contribution < 1.29 is 0 Å². The molecule has 0 saturated heterocycles. The first-order chi connectivity index (χ1) is 13.2. The number of aromatic amines is 1. The number of benzene rings is 2. The Bertz CT molecular complexity index is 1450. The molecular formula is C20H12N6O. The van der Waals surface area contributed by atoms with E-state index in [0.29, 0.717) is 39.0 Å². The normalized spacial score (nSPS) is 11.3. The van der Waals surface area contributed by atoms with E-state index in [0.717, 1.165) is 11.1 Å². The van der Waals surface area contributed by atoms with Crippen molar-refractivity contribution in [3.8, 4) is 11.8 Å². The lowest BCUT2D eigenvalue weighted by atomic mass is 10.2. The van der Waals surface area contributed by atoms with Gasteiger partial charge in [-0.3, -0.25) is 4.79 Å². The predicted octanol–water partition coefficient (Wildman–Crippen LogP) is 2.99. The second-order valence-corrected chi connectivity index (χ2v) is 6.25. The molecule has 0 bridgehead atoms. The Morgan fingerprint density at radius 3 is 2.56 bits per heavy atom. The summed E-state index contributed by atoms with van der Waals surface area (Å²) < 4.78 is 1.69. The molecule has 27 heavy (non-hydrogen) atoms. The minimum absolute atomic E-state index is 0.274. The number of para-hydroxylation sites is 1. The molecule has 7 nitrogen and oxygen atoms in total. The summed E-state index contributed by atoms with van der Waals surface area (Å²) >= 11 is 0. The molecule has 0 unspecified atom stereocenters. The zero-order valence-electron chi connectivity index (χ0n) is 14.3. The smallest absolute Gasteiger partial charge is 0.276 e. The van der Waals surface area contributed by atoms with Crippen molar-refractivity contribution in [1.29, 1.82) is 5.26 Å². The van der Waals surface area contributed by atoms with Crippen molar-refractivity contribution >= 4 is 33.1 Å². The highest BCUT2D eigenvalue weighted by Crippen LogP contribution is 2.24. The summed E-state index contributed by atoms with van der Waals surface area (Å²) in [6.07, 6.45) is 0. The number of fused-ring (bicyclic) bond motifs is 4. The van der Waals surface area contributed by atoms with E-state index in [-0.39, 0.29) is 5.56 Å². The van der Waals surface area contributed by atoms with Crippen molar-refractivity contribution in [2.24, 2.45) is 0 Å². The highest BCUT2D eigenvalue weighted by molar-refractivity contribution is 6.03. The van der Waals surface area contributed by atoms with Crippen LogP contribution in [0.3, 0.4) is 0 Å². The Balaban J connectivity index is 1.90. The number of hydrogen-bond acceptors (Lipinski definition) is 5. The highest BCUT2D eigenvalue weighted by atomic mass is 16.1. The van der Waals surface area contributed by atoms with Crippen LogP contribution < -0.4 is 5.56 Å². The molecule has 128 valence electrons. The topological polar surface area (TPSA) is 100 Å². The Morgan fingerprint density at radius 1 is 1.00 bits per heavy atom. The van der Waals surface area contributed by atoms with Gasteiger partial charge in [-0.2, -0.15) is 10.4 Å². The second kappa shape index (κ2) is 5.47. The van der Waals surface area contributed by atoms with Gasteiger partial charge in [0.2, 0.25) is 0 Å². The van der Waals surface area contributed by atoms with Gasteiger partial charge in [-0.05, 0) is 37.3 Å². The number of H-pyrrole nitrogens is 1. The highest BCUT2D eigenvalue weighted by Gasteiger charge is 2.16. The zero-order chi connectivity index (χ0) is 18.5. The fourth-order valence-corrected chi connectivity index (χ4v) is 3.25. The monoisotopic (exact) mass is 352 g/mol. The molecule has 5 rings (SSSR count). The minimum atomic E-state index is -0.274. The Kier molecular flexibility index (Phi) is 3.09. The summed E-state index contributed by atoms with van der Waals surface area (Å²) in [4.78, 5) is 24.7. The van der Waals surface area contributed by atoms with Gasteiger partial charge in [0.25, 0.3) is 5.56 Å². The van der Waals surface area contributed by atoms with Crippen LogP contribution >= 0.6 is 0 Å². The summed E-state index contributed by atoms with van der Waals surface area (Å²) in [5, 5.41) is 14.4. The maximum atomic E-state index is 12.5. The second-order valence-electron chi connectivity index (χ2n) is 6.25. The van der Waals surface area contributed by atoms with Crippen molar-refractivity contribution in [1.82, 2.24) is 24.7 Å². The van der Waals surface area contributed by atoms with Crippen LogP contribution in [0.15, 0.2) is 53.3 Å². The summed E-state index contributed by atoms with van der Waals surface area (Å²) in [6.45, 7) is 1.83. The Hall–Kier alpha value is -4.05. The van der Waals surface area contributed by atoms with Crippen LogP contribution in [0.2, 0.25) is 0 Å². The van der Waals surface area contributed by atoms with Gasteiger partial charge < -0.3 is 4.98 Å². The number of aromatic nitrogens is 5. The number of hydrogen-bond donors (Lipinski definition) is 1. The average Bonchev–Trinajstić information content (AvgIpc) is 3.03. The quantitative estimate of drug-likeness (QED) is 0.467. The number of nitriles is 1. The van der Waals surface area contributed by atoms with E-state index in [4.69, 9.17) is 10.2 Å². The summed E-state index contributed by atoms with van der Waals surface area (Å²) in [7, 11) is 0. The Labute approximate surface area is 152 Å². The van der Waals surface area contributed by atoms with Gasteiger partial charge in [0.1, 0.15) is 11.0 Å². The third kappa shape index (κ3) is 2.20. The number of aryl methyl sites for hydroxylation is 1.